The molecule has 1 heterocycles. The minimum atomic E-state index is -0.894. The molecule has 5 heteroatoms. The first-order valence-electron chi connectivity index (χ1n) is 13.0. The molecule has 0 radical (unpaired) electrons. The number of ether oxygens (including phenoxy) is 1. The average Bonchev–Trinajstić information content (AvgIpc) is 2.83. The molecule has 0 saturated carbocycles. The van der Waals surface area contributed by atoms with Crippen molar-refractivity contribution in [1.29, 1.82) is 0 Å². The summed E-state index contributed by atoms with van der Waals surface area (Å²) in [6, 6.07) is 4.70. The number of alkyl halides is 1. The summed E-state index contributed by atoms with van der Waals surface area (Å²) in [7, 11) is 0. The molecule has 184 valence electrons. The lowest BCUT2D eigenvalue weighted by Gasteiger charge is -2.11. The second-order valence-electron chi connectivity index (χ2n) is 9.02. The highest BCUT2D eigenvalue weighted by Gasteiger charge is 2.10. The predicted molar refractivity (Wildman–Crippen MR) is 133 cm³/mol. The second-order valence-corrected chi connectivity index (χ2v) is 9.02. The van der Waals surface area contributed by atoms with Crippen LogP contribution in [-0.2, 0) is 6.42 Å². The van der Waals surface area contributed by atoms with E-state index in [0.29, 0.717) is 17.8 Å². The summed E-state index contributed by atoms with van der Waals surface area (Å²) in [6.07, 6.45) is 18.2. The molecular formula is C28H42F2N2O. The van der Waals surface area contributed by atoms with Gasteiger partial charge < -0.3 is 4.74 Å². The number of rotatable bonds is 18. The molecule has 2 rings (SSSR count). The summed E-state index contributed by atoms with van der Waals surface area (Å²) in [6.45, 7) is 4.46. The molecule has 1 atom stereocenters. The third-order valence-electron chi connectivity index (χ3n) is 6.02. The van der Waals surface area contributed by atoms with Gasteiger partial charge in [-0.3, -0.25) is 0 Å². The van der Waals surface area contributed by atoms with E-state index in [9.17, 15) is 8.78 Å². The Hall–Kier alpha value is -2.04. The van der Waals surface area contributed by atoms with Crippen LogP contribution in [0, 0.1) is 5.82 Å². The Kier molecular flexibility index (Phi) is 13.6. The van der Waals surface area contributed by atoms with E-state index in [2.05, 4.69) is 16.9 Å². The van der Waals surface area contributed by atoms with Crippen molar-refractivity contribution in [3.8, 4) is 17.1 Å². The van der Waals surface area contributed by atoms with Gasteiger partial charge in [-0.1, -0.05) is 78.1 Å². The fraction of sp³-hybridized carbons (Fsp3) is 0.643. The Morgan fingerprint density at radius 3 is 2.09 bits per heavy atom. The van der Waals surface area contributed by atoms with Gasteiger partial charge in [-0.15, -0.1) is 0 Å². The Morgan fingerprint density at radius 1 is 0.818 bits per heavy atom. The van der Waals surface area contributed by atoms with Gasteiger partial charge in [0.25, 0.3) is 0 Å². The van der Waals surface area contributed by atoms with Crippen molar-refractivity contribution in [2.45, 2.75) is 110 Å². The Bertz CT molecular complexity index is 767. The van der Waals surface area contributed by atoms with Crippen LogP contribution >= 0.6 is 0 Å². The number of hydrogen-bond donors (Lipinski definition) is 0. The SMILES string of the molecule is CCCCCCCCCCCc1cnc(-c2ccc(OCCC(F)CCCC)c(F)c2)nc1. The summed E-state index contributed by atoms with van der Waals surface area (Å²) in [5.41, 5.74) is 1.73. The van der Waals surface area contributed by atoms with Crippen LogP contribution in [-0.4, -0.2) is 22.7 Å². The van der Waals surface area contributed by atoms with Crippen molar-refractivity contribution >= 4 is 0 Å². The maximum absolute atomic E-state index is 14.4. The van der Waals surface area contributed by atoms with E-state index in [4.69, 9.17) is 4.74 Å². The number of halogens is 2. The van der Waals surface area contributed by atoms with Crippen LogP contribution in [0.2, 0.25) is 0 Å². The van der Waals surface area contributed by atoms with Crippen LogP contribution in [0.1, 0.15) is 103 Å². The molecule has 0 aliphatic carbocycles. The van der Waals surface area contributed by atoms with Gasteiger partial charge in [-0.25, -0.2) is 18.7 Å². The van der Waals surface area contributed by atoms with E-state index < -0.39 is 12.0 Å². The quantitative estimate of drug-likeness (QED) is 0.209. The zero-order chi connectivity index (χ0) is 23.7. The van der Waals surface area contributed by atoms with Crippen LogP contribution < -0.4 is 4.74 Å². The lowest BCUT2D eigenvalue weighted by Crippen LogP contribution is -2.08. The van der Waals surface area contributed by atoms with E-state index in [1.165, 1.54) is 57.4 Å². The van der Waals surface area contributed by atoms with Crippen LogP contribution in [0.5, 0.6) is 5.75 Å². The van der Waals surface area contributed by atoms with Crippen molar-refractivity contribution in [2.24, 2.45) is 0 Å². The molecule has 0 fully saturated rings. The van der Waals surface area contributed by atoms with Gasteiger partial charge in [-0.2, -0.15) is 0 Å². The van der Waals surface area contributed by atoms with E-state index in [0.717, 1.165) is 31.2 Å². The number of unbranched alkanes of at least 4 members (excludes halogenated alkanes) is 9. The topological polar surface area (TPSA) is 35.0 Å². The predicted octanol–water partition coefficient (Wildman–Crippen LogP) is 8.65. The fourth-order valence-corrected chi connectivity index (χ4v) is 3.90. The number of aromatic nitrogens is 2. The number of aryl methyl sites for hydroxylation is 1. The monoisotopic (exact) mass is 460 g/mol. The second kappa shape index (κ2) is 16.6. The molecule has 1 aromatic carbocycles. The minimum Gasteiger partial charge on any atom is -0.490 e. The van der Waals surface area contributed by atoms with Crippen molar-refractivity contribution < 1.29 is 13.5 Å². The molecule has 0 aliphatic heterocycles. The van der Waals surface area contributed by atoms with Gasteiger partial charge in [0.15, 0.2) is 17.4 Å². The summed E-state index contributed by atoms with van der Waals surface area (Å²) >= 11 is 0. The third kappa shape index (κ3) is 11.1. The highest BCUT2D eigenvalue weighted by molar-refractivity contribution is 5.56. The van der Waals surface area contributed by atoms with E-state index >= 15 is 0 Å². The Morgan fingerprint density at radius 2 is 1.45 bits per heavy atom. The lowest BCUT2D eigenvalue weighted by molar-refractivity contribution is 0.218. The molecule has 0 amide bonds. The molecule has 0 saturated heterocycles. The van der Waals surface area contributed by atoms with Crippen LogP contribution in [0.3, 0.4) is 0 Å². The first-order chi connectivity index (χ1) is 16.1. The number of hydrogen-bond acceptors (Lipinski definition) is 3. The molecule has 0 bridgehead atoms. The maximum atomic E-state index is 14.4. The van der Waals surface area contributed by atoms with Gasteiger partial charge in [0.1, 0.15) is 6.17 Å². The van der Waals surface area contributed by atoms with Gasteiger partial charge in [-0.05, 0) is 43.0 Å². The maximum Gasteiger partial charge on any atom is 0.165 e. The molecule has 0 aliphatic rings. The summed E-state index contributed by atoms with van der Waals surface area (Å²) in [5.74, 6) is 0.168. The van der Waals surface area contributed by atoms with Crippen molar-refractivity contribution in [1.82, 2.24) is 9.97 Å². The molecule has 33 heavy (non-hydrogen) atoms. The van der Waals surface area contributed by atoms with E-state index in [-0.39, 0.29) is 18.8 Å². The Labute approximate surface area is 199 Å². The lowest BCUT2D eigenvalue weighted by atomic mass is 10.1. The smallest absolute Gasteiger partial charge is 0.165 e. The largest absolute Gasteiger partial charge is 0.490 e. The van der Waals surface area contributed by atoms with Gasteiger partial charge in [0.2, 0.25) is 0 Å². The molecule has 2 aromatic rings. The van der Waals surface area contributed by atoms with Crippen LogP contribution in [0.25, 0.3) is 11.4 Å². The van der Waals surface area contributed by atoms with Crippen molar-refractivity contribution in [3.05, 3.63) is 42.0 Å². The van der Waals surface area contributed by atoms with Gasteiger partial charge >= 0.3 is 0 Å². The molecular weight excluding hydrogens is 418 g/mol. The number of benzene rings is 1. The zero-order valence-electron chi connectivity index (χ0n) is 20.6. The summed E-state index contributed by atoms with van der Waals surface area (Å²) < 4.78 is 33.6. The highest BCUT2D eigenvalue weighted by atomic mass is 19.1. The highest BCUT2D eigenvalue weighted by Crippen LogP contribution is 2.24. The van der Waals surface area contributed by atoms with E-state index in [1.807, 2.05) is 19.3 Å². The van der Waals surface area contributed by atoms with Crippen molar-refractivity contribution in [3.63, 3.8) is 0 Å². The molecule has 1 unspecified atom stereocenters. The normalized spacial score (nSPS) is 12.1. The number of nitrogens with zero attached hydrogens (tertiary/aromatic N) is 2. The average molecular weight is 461 g/mol. The Balaban J connectivity index is 1.71. The summed E-state index contributed by atoms with van der Waals surface area (Å²) in [4.78, 5) is 8.84. The minimum absolute atomic E-state index is 0.142. The standard InChI is InChI=1S/C28H42F2N2O/c1-3-5-7-8-9-10-11-12-13-14-23-21-31-28(32-22-23)24-16-17-27(26(30)20-24)33-19-18-25(29)15-6-4-2/h16-17,20-22,25H,3-15,18-19H2,1-2H3. The van der Waals surface area contributed by atoms with Gasteiger partial charge in [0.05, 0.1) is 6.61 Å². The first-order valence-corrected chi connectivity index (χ1v) is 13.0. The van der Waals surface area contributed by atoms with E-state index in [1.54, 1.807) is 12.1 Å². The molecule has 3 nitrogen and oxygen atoms in total. The van der Waals surface area contributed by atoms with Crippen LogP contribution in [0.15, 0.2) is 30.6 Å². The fourth-order valence-electron chi connectivity index (χ4n) is 3.90. The first kappa shape index (κ1) is 27.2. The van der Waals surface area contributed by atoms with Gasteiger partial charge in [0, 0.05) is 24.4 Å². The molecule has 0 spiro atoms. The zero-order valence-corrected chi connectivity index (χ0v) is 20.6. The van der Waals surface area contributed by atoms with Crippen LogP contribution in [0.4, 0.5) is 8.78 Å². The molecule has 0 N–H and O–H groups in total. The molecule has 1 aromatic heterocycles. The van der Waals surface area contributed by atoms with Crippen molar-refractivity contribution in [2.75, 3.05) is 6.61 Å². The third-order valence-corrected chi connectivity index (χ3v) is 6.02. The summed E-state index contributed by atoms with van der Waals surface area (Å²) in [5, 5.41) is 0.